The van der Waals surface area contributed by atoms with Crippen LogP contribution in [-0.2, 0) is 11.4 Å². The summed E-state index contributed by atoms with van der Waals surface area (Å²) >= 11 is 5.34. The van der Waals surface area contributed by atoms with Gasteiger partial charge in [-0.05, 0) is 41.5 Å². The van der Waals surface area contributed by atoms with Crippen LogP contribution < -0.4 is 30.4 Å². The number of nitrogens with one attached hydrogen (secondary N) is 4. The molecule has 0 spiro atoms. The predicted molar refractivity (Wildman–Crippen MR) is 130 cm³/mol. The van der Waals surface area contributed by atoms with Crippen LogP contribution in [-0.4, -0.2) is 18.1 Å². The number of rotatable bonds is 7. The van der Waals surface area contributed by atoms with E-state index >= 15 is 0 Å². The molecule has 1 saturated heterocycles. The molecular formula is C25H25N4O3S+. The second-order valence-electron chi connectivity index (χ2n) is 7.54. The Balaban J connectivity index is 1.58. The summed E-state index contributed by atoms with van der Waals surface area (Å²) < 4.78 is 11.6. The summed E-state index contributed by atoms with van der Waals surface area (Å²) in [5.74, 6) is 0.353. The SMILES string of the molecule is C=C1NC(=S)NC(c2ccc(OCc3ccccc3)c(OC)c2)C1C(=O)Nc1ccc[nH+]c1. The van der Waals surface area contributed by atoms with Gasteiger partial charge in [0.15, 0.2) is 29.0 Å². The molecule has 2 atom stereocenters. The number of carbonyl (C=O) groups excluding carboxylic acids is 1. The van der Waals surface area contributed by atoms with Gasteiger partial charge in [0.25, 0.3) is 0 Å². The van der Waals surface area contributed by atoms with Crippen molar-refractivity contribution in [1.82, 2.24) is 10.6 Å². The topological polar surface area (TPSA) is 85.8 Å². The minimum absolute atomic E-state index is 0.213. The van der Waals surface area contributed by atoms with E-state index in [9.17, 15) is 4.79 Å². The highest BCUT2D eigenvalue weighted by atomic mass is 32.1. The molecule has 1 aliphatic heterocycles. The number of carbonyl (C=O) groups is 1. The number of aromatic amines is 1. The van der Waals surface area contributed by atoms with Crippen molar-refractivity contribution in [2.24, 2.45) is 5.92 Å². The third-order valence-corrected chi connectivity index (χ3v) is 5.53. The monoisotopic (exact) mass is 461 g/mol. The minimum Gasteiger partial charge on any atom is -0.493 e. The van der Waals surface area contributed by atoms with Crippen LogP contribution in [0.1, 0.15) is 17.2 Å². The van der Waals surface area contributed by atoms with Crippen LogP contribution in [0.25, 0.3) is 0 Å². The Kier molecular flexibility index (Phi) is 6.85. The third kappa shape index (κ3) is 5.30. The first-order chi connectivity index (χ1) is 16.0. The molecule has 0 bridgehead atoms. The molecule has 2 heterocycles. The normalized spacial score (nSPS) is 17.5. The van der Waals surface area contributed by atoms with Gasteiger partial charge in [-0.25, -0.2) is 4.98 Å². The van der Waals surface area contributed by atoms with E-state index in [1.54, 1.807) is 19.5 Å². The summed E-state index contributed by atoms with van der Waals surface area (Å²) in [5, 5.41) is 9.51. The molecule has 1 aliphatic rings. The Morgan fingerprint density at radius 3 is 2.70 bits per heavy atom. The van der Waals surface area contributed by atoms with E-state index in [-0.39, 0.29) is 5.91 Å². The number of anilines is 1. The Morgan fingerprint density at radius 2 is 1.97 bits per heavy atom. The van der Waals surface area contributed by atoms with Crippen molar-refractivity contribution in [1.29, 1.82) is 0 Å². The molecule has 168 valence electrons. The maximum atomic E-state index is 13.2. The van der Waals surface area contributed by atoms with E-state index < -0.39 is 12.0 Å². The maximum absolute atomic E-state index is 13.2. The number of thiocarbonyl (C=S) groups is 1. The van der Waals surface area contributed by atoms with Crippen LogP contribution in [0, 0.1) is 5.92 Å². The summed E-state index contributed by atoms with van der Waals surface area (Å²) in [6.45, 7) is 4.46. The van der Waals surface area contributed by atoms with Crippen LogP contribution in [0.15, 0.2) is 85.3 Å². The standard InChI is InChI=1S/C25H24N4O3S/c1-16-22(24(30)28-19-9-6-12-26-14-19)23(29-25(33)27-16)18-10-11-20(21(13-18)31-2)32-15-17-7-4-3-5-8-17/h3-14,22-23H,1,15H2,2H3,(H,28,30)(H2,27,29,33)/p+1. The Bertz CT molecular complexity index is 1150. The lowest BCUT2D eigenvalue weighted by molar-refractivity contribution is -0.377. The fraction of sp³-hybridized carbons (Fsp3) is 0.160. The number of H-pyrrole nitrogens is 1. The lowest BCUT2D eigenvalue weighted by Gasteiger charge is -2.35. The number of aromatic nitrogens is 1. The zero-order chi connectivity index (χ0) is 23.2. The van der Waals surface area contributed by atoms with Gasteiger partial charge in [-0.15, -0.1) is 0 Å². The molecule has 0 saturated carbocycles. The van der Waals surface area contributed by atoms with Crippen molar-refractivity contribution in [3.8, 4) is 11.5 Å². The lowest BCUT2D eigenvalue weighted by Crippen LogP contribution is -2.51. The first-order valence-corrected chi connectivity index (χ1v) is 10.8. The molecule has 3 aromatic rings. The molecule has 4 rings (SSSR count). The smallest absolute Gasteiger partial charge is 0.236 e. The van der Waals surface area contributed by atoms with Crippen molar-refractivity contribution >= 4 is 28.9 Å². The highest BCUT2D eigenvalue weighted by Gasteiger charge is 2.37. The number of ether oxygens (including phenoxy) is 2. The molecule has 0 aliphatic carbocycles. The molecular weight excluding hydrogens is 436 g/mol. The molecule has 0 radical (unpaired) electrons. The minimum atomic E-state index is -0.613. The van der Waals surface area contributed by atoms with Gasteiger partial charge < -0.3 is 25.4 Å². The average Bonchev–Trinajstić information content (AvgIpc) is 2.83. The second-order valence-corrected chi connectivity index (χ2v) is 7.95. The van der Waals surface area contributed by atoms with Crippen LogP contribution >= 0.6 is 12.2 Å². The summed E-state index contributed by atoms with van der Waals surface area (Å²) in [5.41, 5.74) is 3.05. The van der Waals surface area contributed by atoms with Gasteiger partial charge in [-0.3, -0.25) is 4.79 Å². The fourth-order valence-electron chi connectivity index (χ4n) is 3.69. The fourth-order valence-corrected chi connectivity index (χ4v) is 3.95. The number of benzene rings is 2. The highest BCUT2D eigenvalue weighted by molar-refractivity contribution is 7.80. The summed E-state index contributed by atoms with van der Waals surface area (Å²) in [6.07, 6.45) is 3.49. The molecule has 2 aromatic carbocycles. The first-order valence-electron chi connectivity index (χ1n) is 10.4. The molecule has 33 heavy (non-hydrogen) atoms. The Hall–Kier alpha value is -3.91. The number of amides is 1. The van der Waals surface area contributed by atoms with Crippen LogP contribution in [0.2, 0.25) is 0 Å². The van der Waals surface area contributed by atoms with E-state index in [4.69, 9.17) is 21.7 Å². The van der Waals surface area contributed by atoms with E-state index in [0.717, 1.165) is 11.1 Å². The molecule has 2 unspecified atom stereocenters. The first kappa shape index (κ1) is 22.3. The van der Waals surface area contributed by atoms with Crippen molar-refractivity contribution in [3.05, 3.63) is 96.5 Å². The quantitative estimate of drug-likeness (QED) is 0.468. The zero-order valence-electron chi connectivity index (χ0n) is 18.1. The van der Waals surface area contributed by atoms with Crippen molar-refractivity contribution in [3.63, 3.8) is 0 Å². The number of methoxy groups -OCH3 is 1. The number of hydrogen-bond donors (Lipinski definition) is 3. The summed E-state index contributed by atoms with van der Waals surface area (Å²) in [7, 11) is 1.59. The Morgan fingerprint density at radius 1 is 1.15 bits per heavy atom. The number of pyridine rings is 1. The zero-order valence-corrected chi connectivity index (χ0v) is 18.9. The van der Waals surface area contributed by atoms with Gasteiger partial charge in [0.05, 0.1) is 13.2 Å². The van der Waals surface area contributed by atoms with Gasteiger partial charge in [0.2, 0.25) is 5.91 Å². The van der Waals surface area contributed by atoms with Gasteiger partial charge in [0, 0.05) is 11.8 Å². The van der Waals surface area contributed by atoms with Crippen molar-refractivity contribution in [2.75, 3.05) is 12.4 Å². The second kappa shape index (κ2) is 10.1. The van der Waals surface area contributed by atoms with Crippen LogP contribution in [0.5, 0.6) is 11.5 Å². The largest absolute Gasteiger partial charge is 0.493 e. The predicted octanol–water partition coefficient (Wildman–Crippen LogP) is 3.38. The van der Waals surface area contributed by atoms with E-state index in [2.05, 4.69) is 27.5 Å². The highest BCUT2D eigenvalue weighted by Crippen LogP contribution is 2.36. The Labute approximate surface area is 197 Å². The van der Waals surface area contributed by atoms with Crippen LogP contribution in [0.3, 0.4) is 0 Å². The molecule has 4 N–H and O–H groups in total. The summed E-state index contributed by atoms with van der Waals surface area (Å²) in [4.78, 5) is 16.1. The summed E-state index contributed by atoms with van der Waals surface area (Å²) in [6, 6.07) is 18.7. The van der Waals surface area contributed by atoms with E-state index in [1.165, 1.54) is 0 Å². The van der Waals surface area contributed by atoms with Crippen molar-refractivity contribution in [2.45, 2.75) is 12.6 Å². The van der Waals surface area contributed by atoms with E-state index in [1.807, 2.05) is 60.7 Å². The molecule has 8 heteroatoms. The molecule has 1 aromatic heterocycles. The van der Waals surface area contributed by atoms with E-state index in [0.29, 0.717) is 34.6 Å². The van der Waals surface area contributed by atoms with Gasteiger partial charge in [0.1, 0.15) is 18.2 Å². The van der Waals surface area contributed by atoms with Gasteiger partial charge >= 0.3 is 0 Å². The average molecular weight is 462 g/mol. The lowest BCUT2D eigenvalue weighted by atomic mass is 9.88. The molecule has 7 nitrogen and oxygen atoms in total. The van der Waals surface area contributed by atoms with Gasteiger partial charge in [-0.2, -0.15) is 0 Å². The molecule has 1 amide bonds. The van der Waals surface area contributed by atoms with Gasteiger partial charge in [-0.1, -0.05) is 43.0 Å². The molecule has 1 fully saturated rings. The van der Waals surface area contributed by atoms with Crippen LogP contribution in [0.4, 0.5) is 5.69 Å². The van der Waals surface area contributed by atoms with Crippen molar-refractivity contribution < 1.29 is 19.3 Å². The number of hydrogen-bond acceptors (Lipinski definition) is 4. The maximum Gasteiger partial charge on any atom is 0.236 e. The third-order valence-electron chi connectivity index (χ3n) is 5.31.